The summed E-state index contributed by atoms with van der Waals surface area (Å²) in [5, 5.41) is 3.54. The Hall–Kier alpha value is -2.52. The van der Waals surface area contributed by atoms with Crippen molar-refractivity contribution in [3.05, 3.63) is 77.0 Å². The SMILES string of the molecule is Cc1c(Cl)cccc1NC(=O)CCc1ccc(-c2ccccc2)o1. The fraction of sp³-hybridized carbons (Fsp3) is 0.150. The van der Waals surface area contributed by atoms with Crippen LogP contribution in [0.5, 0.6) is 0 Å². The van der Waals surface area contributed by atoms with Gasteiger partial charge in [-0.05, 0) is 36.8 Å². The van der Waals surface area contributed by atoms with Crippen LogP contribution in [-0.2, 0) is 11.2 Å². The van der Waals surface area contributed by atoms with E-state index in [-0.39, 0.29) is 5.91 Å². The van der Waals surface area contributed by atoms with Gasteiger partial charge in [-0.3, -0.25) is 4.79 Å². The first-order chi connectivity index (χ1) is 11.6. The van der Waals surface area contributed by atoms with Crippen molar-refractivity contribution in [3.63, 3.8) is 0 Å². The molecule has 1 N–H and O–H groups in total. The van der Waals surface area contributed by atoms with E-state index >= 15 is 0 Å². The second-order valence-electron chi connectivity index (χ2n) is 5.59. The molecule has 2 aromatic carbocycles. The van der Waals surface area contributed by atoms with Crippen molar-refractivity contribution < 1.29 is 9.21 Å². The summed E-state index contributed by atoms with van der Waals surface area (Å²) in [6.45, 7) is 1.89. The van der Waals surface area contributed by atoms with E-state index in [4.69, 9.17) is 16.0 Å². The third-order valence-electron chi connectivity index (χ3n) is 3.86. The van der Waals surface area contributed by atoms with Gasteiger partial charge in [-0.15, -0.1) is 0 Å². The lowest BCUT2D eigenvalue weighted by molar-refractivity contribution is -0.116. The van der Waals surface area contributed by atoms with Crippen LogP contribution in [0.25, 0.3) is 11.3 Å². The standard InChI is InChI=1S/C20H18ClNO2/c1-14-17(21)8-5-9-18(14)22-20(23)13-11-16-10-12-19(24-16)15-6-3-2-4-7-15/h2-10,12H,11,13H2,1H3,(H,22,23). The molecule has 0 spiro atoms. The van der Waals surface area contributed by atoms with Crippen molar-refractivity contribution >= 4 is 23.2 Å². The average molecular weight is 340 g/mol. The highest BCUT2D eigenvalue weighted by molar-refractivity contribution is 6.31. The van der Waals surface area contributed by atoms with Crippen molar-refractivity contribution in [2.45, 2.75) is 19.8 Å². The lowest BCUT2D eigenvalue weighted by atomic mass is 10.2. The second kappa shape index (κ2) is 7.37. The molecule has 0 aliphatic carbocycles. The van der Waals surface area contributed by atoms with Crippen LogP contribution < -0.4 is 5.32 Å². The number of rotatable bonds is 5. The zero-order valence-corrected chi connectivity index (χ0v) is 14.1. The van der Waals surface area contributed by atoms with Crippen LogP contribution >= 0.6 is 11.6 Å². The summed E-state index contributed by atoms with van der Waals surface area (Å²) in [6, 6.07) is 19.2. The Morgan fingerprint density at radius 3 is 2.62 bits per heavy atom. The van der Waals surface area contributed by atoms with Crippen LogP contribution in [0.4, 0.5) is 5.69 Å². The summed E-state index contributed by atoms with van der Waals surface area (Å²) in [5.41, 5.74) is 2.65. The Morgan fingerprint density at radius 1 is 1.04 bits per heavy atom. The second-order valence-corrected chi connectivity index (χ2v) is 6.00. The zero-order chi connectivity index (χ0) is 16.9. The van der Waals surface area contributed by atoms with Gasteiger partial charge in [-0.25, -0.2) is 0 Å². The van der Waals surface area contributed by atoms with E-state index in [0.29, 0.717) is 17.9 Å². The predicted octanol–water partition coefficient (Wildman–Crippen LogP) is 5.48. The highest BCUT2D eigenvalue weighted by Gasteiger charge is 2.09. The minimum absolute atomic E-state index is 0.0574. The maximum Gasteiger partial charge on any atom is 0.224 e. The van der Waals surface area contributed by atoms with E-state index in [1.165, 1.54) is 0 Å². The maximum absolute atomic E-state index is 12.1. The quantitative estimate of drug-likeness (QED) is 0.668. The maximum atomic E-state index is 12.1. The van der Waals surface area contributed by atoms with Crippen LogP contribution in [0.1, 0.15) is 17.7 Å². The molecule has 1 amide bonds. The molecular weight excluding hydrogens is 322 g/mol. The van der Waals surface area contributed by atoms with Gasteiger partial charge in [0.2, 0.25) is 5.91 Å². The molecule has 24 heavy (non-hydrogen) atoms. The van der Waals surface area contributed by atoms with Gasteiger partial charge in [0, 0.05) is 29.1 Å². The van der Waals surface area contributed by atoms with Crippen LogP contribution in [0, 0.1) is 6.92 Å². The molecule has 122 valence electrons. The summed E-state index contributed by atoms with van der Waals surface area (Å²) >= 11 is 6.06. The van der Waals surface area contributed by atoms with Gasteiger partial charge in [0.05, 0.1) is 0 Å². The Bertz CT molecular complexity index is 840. The smallest absolute Gasteiger partial charge is 0.224 e. The molecule has 0 saturated heterocycles. The lowest BCUT2D eigenvalue weighted by Crippen LogP contribution is -2.13. The minimum Gasteiger partial charge on any atom is -0.461 e. The Morgan fingerprint density at radius 2 is 1.83 bits per heavy atom. The van der Waals surface area contributed by atoms with Gasteiger partial charge < -0.3 is 9.73 Å². The van der Waals surface area contributed by atoms with Crippen molar-refractivity contribution in [2.75, 3.05) is 5.32 Å². The van der Waals surface area contributed by atoms with E-state index < -0.39 is 0 Å². The first kappa shape index (κ1) is 16.3. The van der Waals surface area contributed by atoms with Crippen molar-refractivity contribution in [2.24, 2.45) is 0 Å². The number of anilines is 1. The van der Waals surface area contributed by atoms with E-state index in [1.54, 1.807) is 6.07 Å². The monoisotopic (exact) mass is 339 g/mol. The number of nitrogens with one attached hydrogen (secondary N) is 1. The molecule has 0 aliphatic rings. The third kappa shape index (κ3) is 3.87. The van der Waals surface area contributed by atoms with Gasteiger partial charge in [0.1, 0.15) is 11.5 Å². The summed E-state index contributed by atoms with van der Waals surface area (Å²) in [5.74, 6) is 1.56. The molecule has 1 aromatic heterocycles. The Labute approximate surface area is 146 Å². The predicted molar refractivity (Wildman–Crippen MR) is 97.3 cm³/mol. The minimum atomic E-state index is -0.0574. The van der Waals surface area contributed by atoms with E-state index in [0.717, 1.165) is 28.3 Å². The molecule has 0 unspecified atom stereocenters. The number of amides is 1. The zero-order valence-electron chi connectivity index (χ0n) is 13.4. The Kier molecular flexibility index (Phi) is 5.02. The summed E-state index contributed by atoms with van der Waals surface area (Å²) in [4.78, 5) is 12.1. The summed E-state index contributed by atoms with van der Waals surface area (Å²) in [6.07, 6.45) is 0.909. The van der Waals surface area contributed by atoms with E-state index in [2.05, 4.69) is 5.32 Å². The number of carbonyl (C=O) groups excluding carboxylic acids is 1. The van der Waals surface area contributed by atoms with E-state index in [9.17, 15) is 4.79 Å². The molecule has 3 rings (SSSR count). The molecule has 0 fully saturated rings. The highest BCUT2D eigenvalue weighted by atomic mass is 35.5. The van der Waals surface area contributed by atoms with Crippen LogP contribution in [0.2, 0.25) is 5.02 Å². The largest absolute Gasteiger partial charge is 0.461 e. The summed E-state index contributed by atoms with van der Waals surface area (Å²) < 4.78 is 5.81. The van der Waals surface area contributed by atoms with Gasteiger partial charge in [-0.1, -0.05) is 48.0 Å². The van der Waals surface area contributed by atoms with E-state index in [1.807, 2.05) is 61.5 Å². The van der Waals surface area contributed by atoms with Crippen LogP contribution in [0.3, 0.4) is 0 Å². The molecule has 3 aromatic rings. The van der Waals surface area contributed by atoms with Gasteiger partial charge in [0.25, 0.3) is 0 Å². The van der Waals surface area contributed by atoms with Crippen molar-refractivity contribution in [1.82, 2.24) is 0 Å². The van der Waals surface area contributed by atoms with Crippen molar-refractivity contribution in [1.29, 1.82) is 0 Å². The first-order valence-corrected chi connectivity index (χ1v) is 8.20. The number of halogens is 1. The van der Waals surface area contributed by atoms with Crippen LogP contribution in [0.15, 0.2) is 65.1 Å². The fourth-order valence-corrected chi connectivity index (χ4v) is 2.64. The van der Waals surface area contributed by atoms with Gasteiger partial charge in [-0.2, -0.15) is 0 Å². The topological polar surface area (TPSA) is 42.2 Å². The first-order valence-electron chi connectivity index (χ1n) is 7.82. The Balaban J connectivity index is 1.59. The molecule has 0 bridgehead atoms. The lowest BCUT2D eigenvalue weighted by Gasteiger charge is -2.09. The number of benzene rings is 2. The molecule has 4 heteroatoms. The van der Waals surface area contributed by atoms with Crippen molar-refractivity contribution in [3.8, 4) is 11.3 Å². The number of carbonyl (C=O) groups is 1. The molecule has 0 saturated carbocycles. The van der Waals surface area contributed by atoms with Gasteiger partial charge >= 0.3 is 0 Å². The fourth-order valence-electron chi connectivity index (χ4n) is 2.46. The third-order valence-corrected chi connectivity index (χ3v) is 4.27. The van der Waals surface area contributed by atoms with Gasteiger partial charge in [0.15, 0.2) is 0 Å². The molecule has 3 nitrogen and oxygen atoms in total. The molecule has 0 aliphatic heterocycles. The number of hydrogen-bond donors (Lipinski definition) is 1. The number of furan rings is 1. The highest BCUT2D eigenvalue weighted by Crippen LogP contribution is 2.24. The molecule has 1 heterocycles. The average Bonchev–Trinajstić information content (AvgIpc) is 3.07. The summed E-state index contributed by atoms with van der Waals surface area (Å²) in [7, 11) is 0. The normalized spacial score (nSPS) is 10.6. The molecule has 0 atom stereocenters. The number of aryl methyl sites for hydroxylation is 1. The molecular formula is C20H18ClNO2. The number of hydrogen-bond acceptors (Lipinski definition) is 2. The van der Waals surface area contributed by atoms with Crippen LogP contribution in [-0.4, -0.2) is 5.91 Å². The molecule has 0 radical (unpaired) electrons.